The molecule has 1 heterocycles. The molecule has 0 saturated carbocycles. The van der Waals surface area contributed by atoms with Gasteiger partial charge in [0.2, 0.25) is 5.91 Å². The minimum absolute atomic E-state index is 0.177. The summed E-state index contributed by atoms with van der Waals surface area (Å²) in [5.74, 6) is 2.79. The fraction of sp³-hybridized carbons (Fsp3) is 0.400. The summed E-state index contributed by atoms with van der Waals surface area (Å²) in [7, 11) is 0. The van der Waals surface area contributed by atoms with E-state index in [4.69, 9.17) is 6.42 Å². The molecule has 1 aromatic rings. The summed E-state index contributed by atoms with van der Waals surface area (Å²) in [6.07, 6.45) is 6.81. The maximum absolute atomic E-state index is 12.4. The lowest BCUT2D eigenvalue weighted by Crippen LogP contribution is -2.36. The van der Waals surface area contributed by atoms with Crippen LogP contribution >= 0.6 is 0 Å². The van der Waals surface area contributed by atoms with Gasteiger partial charge in [0.05, 0.1) is 5.41 Å². The molecule has 2 rings (SSSR count). The van der Waals surface area contributed by atoms with Gasteiger partial charge in [-0.05, 0) is 31.9 Å². The van der Waals surface area contributed by atoms with Gasteiger partial charge in [-0.3, -0.25) is 4.79 Å². The number of hydrogen-bond donors (Lipinski definition) is 0. The van der Waals surface area contributed by atoms with Crippen molar-refractivity contribution < 1.29 is 4.79 Å². The van der Waals surface area contributed by atoms with Crippen molar-refractivity contribution in [3.8, 4) is 12.3 Å². The van der Waals surface area contributed by atoms with Gasteiger partial charge in [-0.15, -0.1) is 12.3 Å². The molecule has 2 nitrogen and oxygen atoms in total. The number of terminal acetylenes is 1. The molecule has 0 fully saturated rings. The molecular formula is C15H17NO. The number of hydrogen-bond acceptors (Lipinski definition) is 1. The van der Waals surface area contributed by atoms with Crippen molar-refractivity contribution in [2.24, 2.45) is 0 Å². The van der Waals surface area contributed by atoms with E-state index in [0.717, 1.165) is 17.7 Å². The topological polar surface area (TPSA) is 20.3 Å². The molecule has 0 aliphatic carbocycles. The maximum Gasteiger partial charge on any atom is 0.237 e. The van der Waals surface area contributed by atoms with Crippen LogP contribution in [0.3, 0.4) is 0 Å². The minimum Gasteiger partial charge on any atom is -0.311 e. The summed E-state index contributed by atoms with van der Waals surface area (Å²) < 4.78 is 0. The molecule has 1 aliphatic rings. The van der Waals surface area contributed by atoms with Crippen LogP contribution in [0.5, 0.6) is 0 Å². The van der Waals surface area contributed by atoms with Crippen LogP contribution in [0.4, 0.5) is 5.69 Å². The van der Waals surface area contributed by atoms with Crippen LogP contribution in [-0.2, 0) is 10.2 Å². The lowest BCUT2D eigenvalue weighted by atomic mass is 9.86. The van der Waals surface area contributed by atoms with Gasteiger partial charge in [-0.1, -0.05) is 18.2 Å². The second kappa shape index (κ2) is 4.25. The van der Waals surface area contributed by atoms with E-state index in [1.54, 1.807) is 0 Å². The zero-order chi connectivity index (χ0) is 12.5. The Morgan fingerprint density at radius 1 is 1.35 bits per heavy atom. The molecule has 0 bridgehead atoms. The molecule has 0 atom stereocenters. The van der Waals surface area contributed by atoms with Crippen LogP contribution in [0.1, 0.15) is 32.3 Å². The van der Waals surface area contributed by atoms with Gasteiger partial charge in [0.1, 0.15) is 0 Å². The largest absolute Gasteiger partial charge is 0.311 e. The van der Waals surface area contributed by atoms with Crippen LogP contribution in [0.2, 0.25) is 0 Å². The van der Waals surface area contributed by atoms with Gasteiger partial charge in [0, 0.05) is 18.7 Å². The second-order valence-electron chi connectivity index (χ2n) is 4.91. The Labute approximate surface area is 103 Å². The fourth-order valence-electron chi connectivity index (χ4n) is 2.36. The summed E-state index contributed by atoms with van der Waals surface area (Å²) in [6, 6.07) is 8.01. The highest BCUT2D eigenvalue weighted by Crippen LogP contribution is 2.41. The Morgan fingerprint density at radius 2 is 2.06 bits per heavy atom. The molecule has 0 N–H and O–H groups in total. The van der Waals surface area contributed by atoms with Crippen LogP contribution in [0.15, 0.2) is 24.3 Å². The number of carbonyl (C=O) groups excluding carboxylic acids is 1. The Balaban J connectivity index is 2.30. The molecule has 2 heteroatoms. The quantitative estimate of drug-likeness (QED) is 0.574. The predicted molar refractivity (Wildman–Crippen MR) is 69.9 cm³/mol. The fourth-order valence-corrected chi connectivity index (χ4v) is 2.36. The van der Waals surface area contributed by atoms with Gasteiger partial charge in [-0.2, -0.15) is 0 Å². The van der Waals surface area contributed by atoms with E-state index >= 15 is 0 Å². The van der Waals surface area contributed by atoms with Crippen LogP contribution in [-0.4, -0.2) is 12.5 Å². The maximum atomic E-state index is 12.4. The highest BCUT2D eigenvalue weighted by atomic mass is 16.2. The Morgan fingerprint density at radius 3 is 2.76 bits per heavy atom. The first kappa shape index (κ1) is 11.7. The molecule has 17 heavy (non-hydrogen) atoms. The lowest BCUT2D eigenvalue weighted by molar-refractivity contribution is -0.122. The van der Waals surface area contributed by atoms with Crippen molar-refractivity contribution in [2.75, 3.05) is 11.4 Å². The van der Waals surface area contributed by atoms with Crippen molar-refractivity contribution >= 4 is 11.6 Å². The minimum atomic E-state index is -0.410. The van der Waals surface area contributed by atoms with E-state index in [1.165, 1.54) is 0 Å². The van der Waals surface area contributed by atoms with E-state index < -0.39 is 5.41 Å². The number of amides is 1. The Hall–Kier alpha value is -1.75. The Kier molecular flexibility index (Phi) is 2.93. The number of nitrogens with zero attached hydrogens (tertiary/aromatic N) is 1. The van der Waals surface area contributed by atoms with Gasteiger partial charge in [-0.25, -0.2) is 0 Å². The third kappa shape index (κ3) is 1.82. The summed E-state index contributed by atoms with van der Waals surface area (Å²) in [6.45, 7) is 4.67. The Bertz CT molecular complexity index is 482. The first-order chi connectivity index (χ1) is 8.09. The molecule has 0 spiro atoms. The van der Waals surface area contributed by atoms with E-state index in [1.807, 2.05) is 43.0 Å². The average molecular weight is 227 g/mol. The van der Waals surface area contributed by atoms with E-state index in [0.29, 0.717) is 13.0 Å². The molecule has 1 aliphatic heterocycles. The third-order valence-corrected chi connectivity index (χ3v) is 3.35. The zero-order valence-corrected chi connectivity index (χ0v) is 10.4. The summed E-state index contributed by atoms with van der Waals surface area (Å²) >= 11 is 0. The van der Waals surface area contributed by atoms with E-state index in [9.17, 15) is 4.79 Å². The van der Waals surface area contributed by atoms with E-state index in [2.05, 4.69) is 5.92 Å². The van der Waals surface area contributed by atoms with Crippen LogP contribution in [0.25, 0.3) is 0 Å². The average Bonchev–Trinajstić information content (AvgIpc) is 2.51. The highest BCUT2D eigenvalue weighted by molar-refractivity contribution is 6.07. The van der Waals surface area contributed by atoms with Gasteiger partial charge < -0.3 is 4.90 Å². The smallest absolute Gasteiger partial charge is 0.237 e. The molecule has 0 radical (unpaired) electrons. The van der Waals surface area contributed by atoms with Crippen molar-refractivity contribution in [3.63, 3.8) is 0 Å². The monoisotopic (exact) mass is 227 g/mol. The predicted octanol–water partition coefficient (Wildman–Crippen LogP) is 2.72. The first-order valence-corrected chi connectivity index (χ1v) is 5.94. The number of anilines is 1. The molecular weight excluding hydrogens is 210 g/mol. The van der Waals surface area contributed by atoms with Gasteiger partial charge in [0.15, 0.2) is 0 Å². The number of unbranched alkanes of at least 4 members (excludes halogenated alkanes) is 1. The van der Waals surface area contributed by atoms with Gasteiger partial charge >= 0.3 is 0 Å². The summed E-state index contributed by atoms with van der Waals surface area (Å²) in [5, 5.41) is 0. The van der Waals surface area contributed by atoms with Gasteiger partial charge in [0.25, 0.3) is 0 Å². The molecule has 88 valence electrons. The second-order valence-corrected chi connectivity index (χ2v) is 4.91. The third-order valence-electron chi connectivity index (χ3n) is 3.35. The number of para-hydroxylation sites is 1. The lowest BCUT2D eigenvalue weighted by Gasteiger charge is -2.19. The van der Waals surface area contributed by atoms with Crippen molar-refractivity contribution in [1.29, 1.82) is 0 Å². The van der Waals surface area contributed by atoms with Crippen LogP contribution < -0.4 is 4.90 Å². The molecule has 0 aromatic heterocycles. The molecule has 1 amide bonds. The number of rotatable bonds is 3. The first-order valence-electron chi connectivity index (χ1n) is 5.94. The number of carbonyl (C=O) groups is 1. The summed E-state index contributed by atoms with van der Waals surface area (Å²) in [4.78, 5) is 14.2. The molecule has 1 aromatic carbocycles. The number of fused-ring (bicyclic) bond motifs is 1. The van der Waals surface area contributed by atoms with Crippen molar-refractivity contribution in [3.05, 3.63) is 29.8 Å². The molecule has 0 unspecified atom stereocenters. The van der Waals surface area contributed by atoms with Crippen LogP contribution in [0, 0.1) is 12.3 Å². The SMILES string of the molecule is C#CCCCN1C(=O)C(C)(C)c2ccccc21. The highest BCUT2D eigenvalue weighted by Gasteiger charge is 2.42. The zero-order valence-electron chi connectivity index (χ0n) is 10.4. The number of benzene rings is 1. The molecule has 0 saturated heterocycles. The van der Waals surface area contributed by atoms with Crippen molar-refractivity contribution in [1.82, 2.24) is 0 Å². The van der Waals surface area contributed by atoms with Crippen molar-refractivity contribution in [2.45, 2.75) is 32.1 Å². The van der Waals surface area contributed by atoms with E-state index in [-0.39, 0.29) is 5.91 Å². The summed E-state index contributed by atoms with van der Waals surface area (Å²) in [5.41, 5.74) is 1.75. The standard InChI is InChI=1S/C15H17NO/c1-4-5-8-11-16-13-10-7-6-9-12(13)15(2,3)14(16)17/h1,6-7,9-10H,5,8,11H2,2-3H3. The normalized spacial score (nSPS) is 16.8.